The molecule has 14 aromatic rings. The highest BCUT2D eigenvalue weighted by Gasteiger charge is 2.43. The van der Waals surface area contributed by atoms with Gasteiger partial charge in [-0.1, -0.05) is 168 Å². The second kappa shape index (κ2) is 32.7. The van der Waals surface area contributed by atoms with Gasteiger partial charge >= 0.3 is 0 Å². The maximum Gasteiger partial charge on any atom is 0.227 e. The van der Waals surface area contributed by atoms with Crippen LogP contribution in [0.1, 0.15) is 210 Å². The number of fused-ring (bicyclic) bond motifs is 11. The van der Waals surface area contributed by atoms with Crippen molar-refractivity contribution < 1.29 is 27.1 Å². The van der Waals surface area contributed by atoms with Crippen LogP contribution in [0.5, 0.6) is 0 Å². The van der Waals surface area contributed by atoms with Gasteiger partial charge in [0, 0.05) is 91.6 Å². The molecule has 7 aliphatic rings. The zero-order valence-electron chi connectivity index (χ0n) is 71.6. The molecule has 0 radical (unpaired) electrons. The Morgan fingerprint density at radius 2 is 0.810 bits per heavy atom. The lowest BCUT2D eigenvalue weighted by atomic mass is 9.62. The van der Waals surface area contributed by atoms with E-state index in [1.54, 1.807) is 11.1 Å². The van der Waals surface area contributed by atoms with Crippen LogP contribution in [0, 0.1) is 82.0 Å². The summed E-state index contributed by atoms with van der Waals surface area (Å²) in [5.74, 6) is 6.53. The Morgan fingerprint density at radius 3 is 1.28 bits per heavy atom. The number of furan rings is 2. The van der Waals surface area contributed by atoms with Crippen LogP contribution >= 0.6 is 0 Å². The smallest absolute Gasteiger partial charge is 0.227 e. The van der Waals surface area contributed by atoms with E-state index in [9.17, 15) is 0 Å². The quantitative estimate of drug-likeness (QED) is 0.121. The van der Waals surface area contributed by atoms with E-state index < -0.39 is 0 Å². The Hall–Kier alpha value is -10.2. The summed E-state index contributed by atoms with van der Waals surface area (Å²) in [6.07, 6.45) is 33.7. The van der Waals surface area contributed by atoms with Crippen LogP contribution in [-0.2, 0) is 34.6 Å². The van der Waals surface area contributed by atoms with E-state index in [0.29, 0.717) is 22.7 Å². The fraction of sp³-hybridized carbons (Fsp3) is 0.389. The molecule has 592 valence electrons. The first-order chi connectivity index (χ1) is 56.0. The van der Waals surface area contributed by atoms with Gasteiger partial charge in [0.15, 0.2) is 36.0 Å². The van der Waals surface area contributed by atoms with Crippen LogP contribution < -0.4 is 18.3 Å². The highest BCUT2D eigenvalue weighted by molar-refractivity contribution is 6.10. The van der Waals surface area contributed by atoms with Gasteiger partial charge in [-0.3, -0.25) is 0 Å². The van der Waals surface area contributed by atoms with Crippen LogP contribution in [0.4, 0.5) is 0 Å². The van der Waals surface area contributed by atoms with E-state index in [1.807, 2.05) is 13.8 Å². The number of hydrogen-bond donors (Lipinski definition) is 0. The second-order valence-corrected chi connectivity index (χ2v) is 37.9. The first-order valence-electron chi connectivity index (χ1n) is 43.9. The van der Waals surface area contributed by atoms with Crippen LogP contribution in [0.25, 0.3) is 111 Å². The van der Waals surface area contributed by atoms with Gasteiger partial charge in [0.05, 0.1) is 11.1 Å². The molecule has 6 aromatic carbocycles. The summed E-state index contributed by atoms with van der Waals surface area (Å²) in [7, 11) is 8.65. The average molecular weight is 1540 g/mol. The summed E-state index contributed by atoms with van der Waals surface area (Å²) in [5.41, 5.74) is 33.3. The molecule has 4 atom stereocenters. The topological polar surface area (TPSA) is 67.6 Å². The molecule has 116 heavy (non-hydrogen) atoms. The Morgan fingerprint density at radius 1 is 0.371 bits per heavy atom. The van der Waals surface area contributed by atoms with Crippen LogP contribution in [0.15, 0.2) is 228 Å². The molecular formula is C108H122N6O2+4. The number of benzene rings is 6. The number of hydrogen-bond acceptors (Lipinski definition) is 4. The Bertz CT molecular complexity index is 5930. The molecule has 21 rings (SSSR count). The van der Waals surface area contributed by atoms with Crippen molar-refractivity contribution in [3.05, 3.63) is 275 Å². The Balaban J connectivity index is 0.000000111. The van der Waals surface area contributed by atoms with Crippen molar-refractivity contribution in [1.29, 1.82) is 0 Å². The fourth-order valence-electron chi connectivity index (χ4n) is 21.6. The molecule has 4 unspecified atom stereocenters. The minimum Gasteiger partial charge on any atom is -0.437 e. The molecule has 0 amide bonds. The van der Waals surface area contributed by atoms with Crippen molar-refractivity contribution in [2.24, 2.45) is 68.6 Å². The molecule has 7 aliphatic carbocycles. The molecule has 0 aliphatic heterocycles. The van der Waals surface area contributed by atoms with Gasteiger partial charge < -0.3 is 8.83 Å². The predicted molar refractivity (Wildman–Crippen MR) is 477 cm³/mol. The van der Waals surface area contributed by atoms with Crippen molar-refractivity contribution in [1.82, 2.24) is 9.97 Å². The highest BCUT2D eigenvalue weighted by atomic mass is 16.3. The normalized spacial score (nSPS) is 20.2. The van der Waals surface area contributed by atoms with Crippen molar-refractivity contribution in [2.75, 3.05) is 0 Å². The number of pyridine rings is 6. The second-order valence-electron chi connectivity index (χ2n) is 37.9. The standard InChI is InChI=1S/C28H33N2O.C27H31N2O.C27H30N.C26H28N/c1-18-6-8-22-23-9-7-19(2)29-27(23)31-26(22)25(18)24-17-21(12-15-30(24)5)16-20-10-13-28(3,4)14-11-20;1-17-6-8-21-22-9-7-18(2)28-26(22)30-25(21)24(17)23-16-20(12-15-29(23)5)19-10-13-27(3,4)14-11-19;1-19-8-6-7-11-23(19)27-17-25(24-16-20-12-14-22(24)15-13-20)26(18-28(27)2)21-9-4-3-5-10-21;1-18-8-6-7-11-22(18)26-16-24(23-15-19-12-13-21(23)14-19)25(17-27(26)2)20-9-4-3-5-10-20/h6-9,12,15,17,20H,10-11,13-14,16H2,1-5H3;6-9,12,15-16,19H,10-11,13-14H2,1-5H3;3-11,17-18,20,22,24H,12-16H2,1-2H3;3-11,16-17,19,21,23H,12-15H2,1-2H3/q4*+1. The third-order valence-electron chi connectivity index (χ3n) is 28.6. The average Bonchev–Trinajstić information content (AvgIpc) is 1.53. The first kappa shape index (κ1) is 78.3. The maximum absolute atomic E-state index is 6.34. The third kappa shape index (κ3) is 16.1. The monoisotopic (exact) mass is 1530 g/mol. The van der Waals surface area contributed by atoms with Crippen LogP contribution in [0.3, 0.4) is 0 Å². The predicted octanol–water partition coefficient (Wildman–Crippen LogP) is 26.1. The molecule has 4 bridgehead atoms. The molecule has 0 saturated heterocycles. The number of aromatic nitrogens is 6. The molecule has 8 nitrogen and oxygen atoms in total. The lowest BCUT2D eigenvalue weighted by Gasteiger charge is -2.43. The van der Waals surface area contributed by atoms with Gasteiger partial charge in [0.1, 0.15) is 28.2 Å². The van der Waals surface area contributed by atoms with Gasteiger partial charge in [-0.15, -0.1) is 0 Å². The molecule has 7 saturated carbocycles. The summed E-state index contributed by atoms with van der Waals surface area (Å²) >= 11 is 0. The summed E-state index contributed by atoms with van der Waals surface area (Å²) in [6.45, 7) is 22.5. The summed E-state index contributed by atoms with van der Waals surface area (Å²) in [6, 6.07) is 71.1. The number of nitrogens with zero attached hydrogens (tertiary/aromatic N) is 6. The van der Waals surface area contributed by atoms with E-state index in [1.165, 1.54) is 216 Å². The van der Waals surface area contributed by atoms with Crippen molar-refractivity contribution in [2.45, 2.75) is 203 Å². The van der Waals surface area contributed by atoms with E-state index in [4.69, 9.17) is 8.83 Å². The number of rotatable bonds is 11. The fourth-order valence-corrected chi connectivity index (χ4v) is 21.6. The maximum atomic E-state index is 6.34. The van der Waals surface area contributed by atoms with Gasteiger partial charge in [-0.05, 0) is 288 Å². The van der Waals surface area contributed by atoms with E-state index in [0.717, 1.165) is 91.0 Å². The van der Waals surface area contributed by atoms with Crippen LogP contribution in [0.2, 0.25) is 0 Å². The Labute approximate surface area is 690 Å². The van der Waals surface area contributed by atoms with Gasteiger partial charge in [-0.25, -0.2) is 28.2 Å². The summed E-state index contributed by atoms with van der Waals surface area (Å²) in [5, 5.41) is 4.46. The van der Waals surface area contributed by atoms with Crippen molar-refractivity contribution >= 4 is 44.1 Å². The van der Waals surface area contributed by atoms with Gasteiger partial charge in [-0.2, -0.15) is 0 Å². The highest BCUT2D eigenvalue weighted by Crippen LogP contribution is 2.56. The summed E-state index contributed by atoms with van der Waals surface area (Å²) in [4.78, 5) is 9.26. The van der Waals surface area contributed by atoms with E-state index in [-0.39, 0.29) is 0 Å². The van der Waals surface area contributed by atoms with Crippen molar-refractivity contribution in [3.8, 4) is 67.3 Å². The van der Waals surface area contributed by atoms with Gasteiger partial charge in [0.25, 0.3) is 0 Å². The largest absolute Gasteiger partial charge is 0.437 e. The third-order valence-corrected chi connectivity index (χ3v) is 28.6. The summed E-state index contributed by atoms with van der Waals surface area (Å²) < 4.78 is 21.8. The number of aryl methyl sites for hydroxylation is 10. The van der Waals surface area contributed by atoms with Crippen molar-refractivity contribution in [3.63, 3.8) is 0 Å². The molecule has 8 heterocycles. The van der Waals surface area contributed by atoms with Crippen LogP contribution in [-0.4, -0.2) is 9.97 Å². The molecule has 7 fully saturated rings. The minimum absolute atomic E-state index is 0.486. The van der Waals surface area contributed by atoms with E-state index in [2.05, 4.69) is 331 Å². The van der Waals surface area contributed by atoms with E-state index >= 15 is 0 Å². The molecular weight excluding hydrogens is 1410 g/mol. The minimum atomic E-state index is 0.486. The zero-order chi connectivity index (χ0) is 80.3. The zero-order valence-corrected chi connectivity index (χ0v) is 71.6. The first-order valence-corrected chi connectivity index (χ1v) is 43.9. The molecule has 8 aromatic heterocycles. The SMILES string of the molecule is Cc1ccc2c(n1)oc1c(-c3cc(C4CCC(C)(C)CC4)cc[n+]3C)c(C)ccc12.Cc1ccc2c(n1)oc1c(-c3cc(CC4CCC(C)(C)CC4)cc[n+]3C)c(C)ccc12.Cc1ccccc1-c1cc(C2CC3CCC2C3)c(-c2ccccc2)c[n+]1C.Cc1ccccc1-c1cc(C2CC3CCC2CC3)c(-c2ccccc2)c[n+]1C. The molecule has 8 heteroatoms. The molecule has 0 N–H and O–H groups in total. The Kier molecular flexibility index (Phi) is 22.1. The lowest BCUT2D eigenvalue weighted by Crippen LogP contribution is -2.34. The lowest BCUT2D eigenvalue weighted by molar-refractivity contribution is -0.660. The molecule has 0 spiro atoms. The van der Waals surface area contributed by atoms with Gasteiger partial charge in [0.2, 0.25) is 34.2 Å².